The van der Waals surface area contributed by atoms with Crippen LogP contribution < -0.4 is 15.4 Å². The van der Waals surface area contributed by atoms with Gasteiger partial charge in [-0.3, -0.25) is 0 Å². The predicted molar refractivity (Wildman–Crippen MR) is 85.8 cm³/mol. The lowest BCUT2D eigenvalue weighted by Crippen LogP contribution is -2.35. The molecule has 1 heterocycles. The molecule has 1 atom stereocenters. The molecule has 110 valence electrons. The zero-order valence-corrected chi connectivity index (χ0v) is 12.0. The number of carbonyl (C=O) groups excluding carboxylic acids is 1. The van der Waals surface area contributed by atoms with Crippen molar-refractivity contribution in [3.8, 4) is 18.1 Å². The molecule has 0 saturated heterocycles. The lowest BCUT2D eigenvalue weighted by molar-refractivity contribution is 0.232. The molecule has 2 amide bonds. The number of hydrogen-bond donors (Lipinski definition) is 2. The first-order valence-electron chi connectivity index (χ1n) is 7.12. The summed E-state index contributed by atoms with van der Waals surface area (Å²) in [5, 5.41) is 5.79. The summed E-state index contributed by atoms with van der Waals surface area (Å²) in [4.78, 5) is 12.2. The van der Waals surface area contributed by atoms with Gasteiger partial charge >= 0.3 is 6.03 Å². The normalized spacial score (nSPS) is 15.9. The van der Waals surface area contributed by atoms with Crippen molar-refractivity contribution in [2.24, 2.45) is 0 Å². The predicted octanol–water partition coefficient (Wildman–Crippen LogP) is 3.31. The molecule has 4 nitrogen and oxygen atoms in total. The van der Waals surface area contributed by atoms with Gasteiger partial charge in [0.1, 0.15) is 5.75 Å². The Morgan fingerprint density at radius 3 is 2.95 bits per heavy atom. The molecule has 0 aromatic heterocycles. The first-order valence-corrected chi connectivity index (χ1v) is 7.12. The summed E-state index contributed by atoms with van der Waals surface area (Å²) in [7, 11) is 0. The average molecular weight is 292 g/mol. The maximum atomic E-state index is 12.2. The number of rotatable bonds is 2. The lowest BCUT2D eigenvalue weighted by Gasteiger charge is -2.26. The van der Waals surface area contributed by atoms with Crippen molar-refractivity contribution in [3.63, 3.8) is 0 Å². The Morgan fingerprint density at radius 2 is 2.09 bits per heavy atom. The van der Waals surface area contributed by atoms with Crippen molar-refractivity contribution in [2.45, 2.75) is 12.5 Å². The van der Waals surface area contributed by atoms with Crippen LogP contribution in [0.15, 0.2) is 48.5 Å². The fourth-order valence-electron chi connectivity index (χ4n) is 2.50. The molecule has 1 aliphatic heterocycles. The number of terminal acetylenes is 1. The second-order valence-corrected chi connectivity index (χ2v) is 5.05. The van der Waals surface area contributed by atoms with E-state index in [0.29, 0.717) is 12.3 Å². The Morgan fingerprint density at radius 1 is 1.23 bits per heavy atom. The Labute approximate surface area is 129 Å². The molecule has 0 radical (unpaired) electrons. The van der Waals surface area contributed by atoms with Gasteiger partial charge in [0.05, 0.1) is 12.6 Å². The van der Waals surface area contributed by atoms with Gasteiger partial charge in [0.2, 0.25) is 0 Å². The third-order valence-corrected chi connectivity index (χ3v) is 3.55. The maximum absolute atomic E-state index is 12.2. The van der Waals surface area contributed by atoms with Crippen LogP contribution in [0.25, 0.3) is 0 Å². The van der Waals surface area contributed by atoms with E-state index in [-0.39, 0.29) is 12.1 Å². The van der Waals surface area contributed by atoms with Gasteiger partial charge in [0.25, 0.3) is 0 Å². The molecule has 4 heteroatoms. The van der Waals surface area contributed by atoms with E-state index >= 15 is 0 Å². The van der Waals surface area contributed by atoms with Crippen LogP contribution >= 0.6 is 0 Å². The Kier molecular flexibility index (Phi) is 3.97. The highest BCUT2D eigenvalue weighted by Crippen LogP contribution is 2.31. The highest BCUT2D eigenvalue weighted by atomic mass is 16.5. The zero-order valence-electron chi connectivity index (χ0n) is 12.0. The standard InChI is InChI=1S/C18H16N2O2/c1-2-13-6-5-7-14(12-13)19-18(21)20-16-10-11-22-17-9-4-3-8-15(16)17/h1,3-9,12,16H,10-11H2,(H2,19,20,21). The summed E-state index contributed by atoms with van der Waals surface area (Å²) in [6.07, 6.45) is 6.10. The summed E-state index contributed by atoms with van der Waals surface area (Å²) in [5.41, 5.74) is 2.41. The van der Waals surface area contributed by atoms with E-state index in [0.717, 1.165) is 23.3 Å². The highest BCUT2D eigenvalue weighted by molar-refractivity contribution is 5.89. The van der Waals surface area contributed by atoms with Crippen molar-refractivity contribution in [3.05, 3.63) is 59.7 Å². The molecule has 1 unspecified atom stereocenters. The van der Waals surface area contributed by atoms with Crippen molar-refractivity contribution < 1.29 is 9.53 Å². The van der Waals surface area contributed by atoms with Crippen LogP contribution in [0, 0.1) is 12.3 Å². The monoisotopic (exact) mass is 292 g/mol. The smallest absolute Gasteiger partial charge is 0.319 e. The summed E-state index contributed by atoms with van der Waals surface area (Å²) in [6, 6.07) is 14.6. The Bertz CT molecular complexity index is 734. The molecule has 0 spiro atoms. The van der Waals surface area contributed by atoms with E-state index in [1.54, 1.807) is 12.1 Å². The number of carbonyl (C=O) groups is 1. The van der Waals surface area contributed by atoms with E-state index in [2.05, 4.69) is 16.6 Å². The molecule has 0 aliphatic carbocycles. The van der Waals surface area contributed by atoms with Gasteiger partial charge in [0, 0.05) is 23.2 Å². The van der Waals surface area contributed by atoms with E-state index in [1.807, 2.05) is 36.4 Å². The van der Waals surface area contributed by atoms with Crippen molar-refractivity contribution in [2.75, 3.05) is 11.9 Å². The van der Waals surface area contributed by atoms with Crippen LogP contribution in [-0.2, 0) is 0 Å². The van der Waals surface area contributed by atoms with Gasteiger partial charge in [-0.25, -0.2) is 4.79 Å². The second-order valence-electron chi connectivity index (χ2n) is 5.05. The summed E-state index contributed by atoms with van der Waals surface area (Å²) >= 11 is 0. The SMILES string of the molecule is C#Cc1cccc(NC(=O)NC2CCOc3ccccc32)c1. The number of para-hydroxylation sites is 1. The van der Waals surface area contributed by atoms with Gasteiger partial charge in [-0.05, 0) is 24.3 Å². The third-order valence-electron chi connectivity index (χ3n) is 3.55. The molecule has 2 aromatic carbocycles. The number of benzene rings is 2. The van der Waals surface area contributed by atoms with Crippen LogP contribution in [0.4, 0.5) is 10.5 Å². The minimum absolute atomic E-state index is 0.0548. The number of amides is 2. The van der Waals surface area contributed by atoms with Crippen molar-refractivity contribution >= 4 is 11.7 Å². The van der Waals surface area contributed by atoms with Crippen LogP contribution in [0.1, 0.15) is 23.6 Å². The van der Waals surface area contributed by atoms with Gasteiger partial charge in [0.15, 0.2) is 0 Å². The van der Waals surface area contributed by atoms with E-state index in [1.165, 1.54) is 0 Å². The van der Waals surface area contributed by atoms with Gasteiger partial charge < -0.3 is 15.4 Å². The average Bonchev–Trinajstić information content (AvgIpc) is 2.55. The summed E-state index contributed by atoms with van der Waals surface area (Å²) in [6.45, 7) is 0.592. The molecule has 3 rings (SSSR count). The number of urea groups is 1. The number of ether oxygens (including phenoxy) is 1. The third kappa shape index (κ3) is 3.04. The molecule has 2 N–H and O–H groups in total. The fourth-order valence-corrected chi connectivity index (χ4v) is 2.50. The molecule has 0 fully saturated rings. The molecule has 22 heavy (non-hydrogen) atoms. The Balaban J connectivity index is 1.69. The van der Waals surface area contributed by atoms with Crippen LogP contribution in [-0.4, -0.2) is 12.6 Å². The van der Waals surface area contributed by atoms with Crippen LogP contribution in [0.5, 0.6) is 5.75 Å². The first-order chi connectivity index (χ1) is 10.8. The number of hydrogen-bond acceptors (Lipinski definition) is 2. The molecular formula is C18H16N2O2. The lowest BCUT2D eigenvalue weighted by atomic mass is 10.0. The van der Waals surface area contributed by atoms with Gasteiger partial charge in [-0.1, -0.05) is 30.2 Å². The van der Waals surface area contributed by atoms with Gasteiger partial charge in [-0.15, -0.1) is 6.42 Å². The topological polar surface area (TPSA) is 50.4 Å². The Hall–Kier alpha value is -2.93. The van der Waals surface area contributed by atoms with Crippen LogP contribution in [0.2, 0.25) is 0 Å². The quantitative estimate of drug-likeness (QED) is 0.834. The number of nitrogens with one attached hydrogen (secondary N) is 2. The van der Waals surface area contributed by atoms with Gasteiger partial charge in [-0.2, -0.15) is 0 Å². The summed E-state index contributed by atoms with van der Waals surface area (Å²) < 4.78 is 5.59. The molecule has 1 aliphatic rings. The van der Waals surface area contributed by atoms with E-state index < -0.39 is 0 Å². The molecule has 0 saturated carbocycles. The second kappa shape index (κ2) is 6.23. The molecule has 2 aromatic rings. The minimum atomic E-state index is -0.254. The molecule has 0 bridgehead atoms. The van der Waals surface area contributed by atoms with E-state index in [9.17, 15) is 4.79 Å². The van der Waals surface area contributed by atoms with Crippen LogP contribution in [0.3, 0.4) is 0 Å². The largest absolute Gasteiger partial charge is 0.493 e. The van der Waals surface area contributed by atoms with Crippen molar-refractivity contribution in [1.29, 1.82) is 0 Å². The van der Waals surface area contributed by atoms with E-state index in [4.69, 9.17) is 11.2 Å². The minimum Gasteiger partial charge on any atom is -0.493 e. The fraction of sp³-hybridized carbons (Fsp3) is 0.167. The zero-order chi connectivity index (χ0) is 15.4. The first kappa shape index (κ1) is 14.0. The van der Waals surface area contributed by atoms with Crippen molar-refractivity contribution in [1.82, 2.24) is 5.32 Å². The number of anilines is 1. The number of fused-ring (bicyclic) bond motifs is 1. The molecular weight excluding hydrogens is 276 g/mol. The summed E-state index contributed by atoms with van der Waals surface area (Å²) in [5.74, 6) is 3.37. The maximum Gasteiger partial charge on any atom is 0.319 e. The highest BCUT2D eigenvalue weighted by Gasteiger charge is 2.22.